The third-order valence-electron chi connectivity index (χ3n) is 2.00. The van der Waals surface area contributed by atoms with Crippen molar-refractivity contribution >= 4 is 15.9 Å². The van der Waals surface area contributed by atoms with E-state index in [9.17, 15) is 4.39 Å². The van der Waals surface area contributed by atoms with E-state index in [-0.39, 0.29) is 11.9 Å². The third-order valence-corrected chi connectivity index (χ3v) is 3.00. The van der Waals surface area contributed by atoms with Gasteiger partial charge in [-0.3, -0.25) is 0 Å². The van der Waals surface area contributed by atoms with Crippen LogP contribution in [0.4, 0.5) is 4.39 Å². The first-order valence-electron chi connectivity index (χ1n) is 4.67. The number of hydrogen-bond acceptors (Lipinski definition) is 2. The molecule has 1 atom stereocenters. The van der Waals surface area contributed by atoms with Crippen LogP contribution >= 0.6 is 15.9 Å². The summed E-state index contributed by atoms with van der Waals surface area (Å²) in [5.74, 6) is 0. The zero-order valence-corrected chi connectivity index (χ0v) is 9.91. The second kappa shape index (κ2) is 6.20. The van der Waals surface area contributed by atoms with E-state index in [4.69, 9.17) is 9.84 Å². The maximum atomic E-state index is 13.5. The summed E-state index contributed by atoms with van der Waals surface area (Å²) in [6, 6.07) is 9.53. The Bertz CT molecular complexity index is 275. The van der Waals surface area contributed by atoms with Gasteiger partial charge >= 0.3 is 0 Å². The summed E-state index contributed by atoms with van der Waals surface area (Å²) in [4.78, 5) is 0. The second-order valence-corrected chi connectivity index (χ2v) is 3.98. The van der Waals surface area contributed by atoms with E-state index >= 15 is 0 Å². The molecule has 15 heavy (non-hydrogen) atoms. The number of ether oxygens (including phenoxy) is 1. The lowest BCUT2D eigenvalue weighted by molar-refractivity contribution is -0.0111. The van der Waals surface area contributed by atoms with Crippen LogP contribution in [0, 0.1) is 0 Å². The Labute approximate surface area is 97.2 Å². The van der Waals surface area contributed by atoms with Crippen LogP contribution in [0.1, 0.15) is 5.56 Å². The highest BCUT2D eigenvalue weighted by Gasteiger charge is 2.27. The lowest BCUT2D eigenvalue weighted by Crippen LogP contribution is -2.35. The molecule has 84 valence electrons. The molecule has 0 unspecified atom stereocenters. The molecular formula is C11H14BrFO2. The van der Waals surface area contributed by atoms with Crippen molar-refractivity contribution in [2.24, 2.45) is 0 Å². The molecule has 0 aliphatic heterocycles. The van der Waals surface area contributed by atoms with Gasteiger partial charge in [-0.15, -0.1) is 0 Å². The van der Waals surface area contributed by atoms with Crippen molar-refractivity contribution in [1.82, 2.24) is 0 Å². The number of aliphatic hydroxyl groups excluding tert-OH is 1. The molecule has 1 aromatic rings. The maximum Gasteiger partial charge on any atom is 0.166 e. The van der Waals surface area contributed by atoms with E-state index in [2.05, 4.69) is 15.9 Å². The fraction of sp³-hybridized carbons (Fsp3) is 0.455. The Morgan fingerprint density at radius 1 is 1.33 bits per heavy atom. The Morgan fingerprint density at radius 2 is 2.00 bits per heavy atom. The first-order valence-corrected chi connectivity index (χ1v) is 5.80. The molecule has 0 spiro atoms. The van der Waals surface area contributed by atoms with Crippen molar-refractivity contribution in [3.05, 3.63) is 35.9 Å². The van der Waals surface area contributed by atoms with Crippen LogP contribution in [-0.4, -0.2) is 29.3 Å². The quantitative estimate of drug-likeness (QED) is 0.808. The minimum atomic E-state index is -1.69. The molecule has 0 aliphatic rings. The van der Waals surface area contributed by atoms with E-state index in [0.717, 1.165) is 5.56 Å². The smallest absolute Gasteiger partial charge is 0.166 e. The van der Waals surface area contributed by atoms with Crippen molar-refractivity contribution in [2.45, 2.75) is 12.3 Å². The molecule has 0 amide bonds. The average Bonchev–Trinajstić information content (AvgIpc) is 2.30. The Kier molecular flexibility index (Phi) is 5.22. The number of aliphatic hydroxyl groups is 1. The van der Waals surface area contributed by atoms with Crippen LogP contribution in [0.2, 0.25) is 0 Å². The van der Waals surface area contributed by atoms with Crippen LogP contribution < -0.4 is 0 Å². The molecule has 0 saturated carbocycles. The molecule has 0 bridgehead atoms. The lowest BCUT2D eigenvalue weighted by atomic mass is 10.2. The fourth-order valence-electron chi connectivity index (χ4n) is 1.05. The van der Waals surface area contributed by atoms with Gasteiger partial charge in [-0.2, -0.15) is 0 Å². The normalized spacial score (nSPS) is 14.9. The SMILES string of the molecule is OC[C@](F)(CBr)COCc1ccccc1. The molecule has 0 saturated heterocycles. The van der Waals surface area contributed by atoms with E-state index < -0.39 is 12.3 Å². The maximum absolute atomic E-state index is 13.5. The highest BCUT2D eigenvalue weighted by atomic mass is 79.9. The van der Waals surface area contributed by atoms with Gasteiger partial charge < -0.3 is 9.84 Å². The van der Waals surface area contributed by atoms with E-state index in [1.165, 1.54) is 0 Å². The largest absolute Gasteiger partial charge is 0.393 e. The summed E-state index contributed by atoms with van der Waals surface area (Å²) in [5.41, 5.74) is -0.693. The predicted octanol–water partition coefficient (Wildman–Crippen LogP) is 2.30. The summed E-state index contributed by atoms with van der Waals surface area (Å²) in [7, 11) is 0. The van der Waals surface area contributed by atoms with Crippen LogP contribution in [0.25, 0.3) is 0 Å². The molecule has 1 N–H and O–H groups in total. The van der Waals surface area contributed by atoms with Gasteiger partial charge in [0.15, 0.2) is 5.67 Å². The number of hydrogen-bond donors (Lipinski definition) is 1. The third kappa shape index (κ3) is 4.28. The second-order valence-electron chi connectivity index (χ2n) is 3.42. The zero-order valence-electron chi connectivity index (χ0n) is 8.33. The number of rotatable bonds is 6. The zero-order chi connectivity index (χ0) is 11.1. The standard InChI is InChI=1S/C11H14BrFO2/c12-7-11(13,8-14)9-15-6-10-4-2-1-3-5-10/h1-5,14H,6-9H2/t11-/m1/s1. The predicted molar refractivity (Wildman–Crippen MR) is 60.8 cm³/mol. The van der Waals surface area contributed by atoms with Gasteiger partial charge in [0.25, 0.3) is 0 Å². The van der Waals surface area contributed by atoms with Gasteiger partial charge in [0, 0.05) is 5.33 Å². The molecule has 2 nitrogen and oxygen atoms in total. The van der Waals surface area contributed by atoms with Crippen LogP contribution in [0.3, 0.4) is 0 Å². The molecule has 0 radical (unpaired) electrons. The molecule has 0 fully saturated rings. The van der Waals surface area contributed by atoms with E-state index in [0.29, 0.717) is 6.61 Å². The Balaban J connectivity index is 2.33. The van der Waals surface area contributed by atoms with Crippen molar-refractivity contribution in [3.63, 3.8) is 0 Å². The highest BCUT2D eigenvalue weighted by Crippen LogP contribution is 2.15. The fourth-order valence-corrected chi connectivity index (χ4v) is 1.39. The topological polar surface area (TPSA) is 29.5 Å². The Morgan fingerprint density at radius 3 is 2.53 bits per heavy atom. The number of alkyl halides is 2. The van der Waals surface area contributed by atoms with E-state index in [1.807, 2.05) is 30.3 Å². The molecule has 1 rings (SSSR count). The van der Waals surface area contributed by atoms with Crippen molar-refractivity contribution in [2.75, 3.05) is 18.5 Å². The molecule has 4 heteroatoms. The minimum absolute atomic E-state index is 0.0747. The van der Waals surface area contributed by atoms with Gasteiger partial charge in [0.1, 0.15) is 0 Å². The number of benzene rings is 1. The van der Waals surface area contributed by atoms with Crippen molar-refractivity contribution in [3.8, 4) is 0 Å². The van der Waals surface area contributed by atoms with E-state index in [1.54, 1.807) is 0 Å². The van der Waals surface area contributed by atoms with Gasteiger partial charge in [0.2, 0.25) is 0 Å². The summed E-state index contributed by atoms with van der Waals surface area (Å²) in [6.45, 7) is -0.282. The van der Waals surface area contributed by atoms with Gasteiger partial charge in [0.05, 0.1) is 19.8 Å². The van der Waals surface area contributed by atoms with Crippen LogP contribution in [-0.2, 0) is 11.3 Å². The summed E-state index contributed by atoms with van der Waals surface area (Å²) in [5, 5.41) is 8.87. The summed E-state index contributed by atoms with van der Waals surface area (Å²) >= 11 is 3.00. The van der Waals surface area contributed by atoms with Crippen LogP contribution in [0.5, 0.6) is 0 Å². The van der Waals surface area contributed by atoms with Crippen LogP contribution in [0.15, 0.2) is 30.3 Å². The van der Waals surface area contributed by atoms with Crippen molar-refractivity contribution in [1.29, 1.82) is 0 Å². The lowest BCUT2D eigenvalue weighted by Gasteiger charge is -2.19. The Hall–Kier alpha value is -0.450. The average molecular weight is 277 g/mol. The first-order chi connectivity index (χ1) is 7.20. The monoisotopic (exact) mass is 276 g/mol. The molecular weight excluding hydrogens is 263 g/mol. The minimum Gasteiger partial charge on any atom is -0.393 e. The van der Waals surface area contributed by atoms with Gasteiger partial charge in [-0.1, -0.05) is 46.3 Å². The van der Waals surface area contributed by atoms with Gasteiger partial charge in [-0.05, 0) is 5.56 Å². The molecule has 0 aromatic heterocycles. The first kappa shape index (κ1) is 12.6. The molecule has 0 heterocycles. The van der Waals surface area contributed by atoms with Gasteiger partial charge in [-0.25, -0.2) is 4.39 Å². The summed E-state index contributed by atoms with van der Waals surface area (Å²) < 4.78 is 18.7. The highest BCUT2D eigenvalue weighted by molar-refractivity contribution is 9.09. The van der Waals surface area contributed by atoms with Crippen molar-refractivity contribution < 1.29 is 14.2 Å². The molecule has 0 aliphatic carbocycles. The molecule has 1 aromatic carbocycles. The number of halogens is 2. The summed E-state index contributed by atoms with van der Waals surface area (Å²) in [6.07, 6.45) is 0.